The van der Waals surface area contributed by atoms with Crippen LogP contribution in [-0.4, -0.2) is 46.3 Å². The fourth-order valence-corrected chi connectivity index (χ4v) is 5.40. The van der Waals surface area contributed by atoms with E-state index in [0.29, 0.717) is 47.6 Å². The van der Waals surface area contributed by atoms with Gasteiger partial charge in [-0.3, -0.25) is 14.5 Å². The minimum atomic E-state index is -0.652. The molecule has 1 atom stereocenters. The van der Waals surface area contributed by atoms with Crippen molar-refractivity contribution in [3.8, 4) is 5.75 Å². The molecular formula is C27H27N3O5S2. The second-order valence-electron chi connectivity index (χ2n) is 7.98. The molecule has 1 aliphatic rings. The number of thiophene rings is 1. The zero-order chi connectivity index (χ0) is 26.2. The Balaban J connectivity index is 1.56. The number of hydrogen-bond acceptors (Lipinski definition) is 8. The SMILES string of the molecule is CCOC(=O)c1ccc(N=C2SC(C(=O)Nc3cccc(OCC)c3)CC(=O)N2Cc2cccs2)cc1. The number of ether oxygens (including phenoxy) is 2. The molecule has 0 saturated carbocycles. The van der Waals surface area contributed by atoms with E-state index in [-0.39, 0.29) is 18.2 Å². The lowest BCUT2D eigenvalue weighted by Gasteiger charge is -2.31. The summed E-state index contributed by atoms with van der Waals surface area (Å²) in [5, 5.41) is 4.62. The lowest BCUT2D eigenvalue weighted by molar-refractivity contribution is -0.129. The van der Waals surface area contributed by atoms with E-state index in [0.717, 1.165) is 4.88 Å². The van der Waals surface area contributed by atoms with Crippen LogP contribution in [0.1, 0.15) is 35.5 Å². The predicted molar refractivity (Wildman–Crippen MR) is 147 cm³/mol. The molecule has 1 aromatic heterocycles. The summed E-state index contributed by atoms with van der Waals surface area (Å²) >= 11 is 2.80. The third-order valence-electron chi connectivity index (χ3n) is 5.34. The van der Waals surface area contributed by atoms with E-state index >= 15 is 0 Å². The number of aliphatic imine (C=N–C) groups is 1. The Hall–Kier alpha value is -3.63. The first-order valence-electron chi connectivity index (χ1n) is 11.9. The number of amidine groups is 1. The summed E-state index contributed by atoms with van der Waals surface area (Å²) in [5.74, 6) is -0.220. The number of hydrogen-bond donors (Lipinski definition) is 1. The van der Waals surface area contributed by atoms with Crippen molar-refractivity contribution in [2.75, 3.05) is 18.5 Å². The quantitative estimate of drug-likeness (QED) is 0.363. The summed E-state index contributed by atoms with van der Waals surface area (Å²) in [6.07, 6.45) is 0.0494. The Morgan fingerprint density at radius 1 is 1.08 bits per heavy atom. The summed E-state index contributed by atoms with van der Waals surface area (Å²) in [6, 6.07) is 17.7. The highest BCUT2D eigenvalue weighted by atomic mass is 32.2. The van der Waals surface area contributed by atoms with E-state index in [1.807, 2.05) is 30.5 Å². The van der Waals surface area contributed by atoms with Crippen molar-refractivity contribution in [2.24, 2.45) is 4.99 Å². The standard InChI is InChI=1S/C27H27N3O5S2/c1-3-34-21-8-5-7-20(15-21)28-25(32)23-16-24(31)30(17-22-9-6-14-36-22)27(37-23)29-19-12-10-18(11-13-19)26(33)35-4-2/h5-15,23H,3-4,16-17H2,1-2H3,(H,28,32). The molecule has 1 aliphatic heterocycles. The molecule has 0 aliphatic carbocycles. The maximum Gasteiger partial charge on any atom is 0.338 e. The van der Waals surface area contributed by atoms with E-state index in [1.54, 1.807) is 65.6 Å². The van der Waals surface area contributed by atoms with Gasteiger partial charge in [0.05, 0.1) is 31.0 Å². The second kappa shape index (κ2) is 12.6. The Morgan fingerprint density at radius 3 is 2.59 bits per heavy atom. The third kappa shape index (κ3) is 6.99. The Labute approximate surface area is 223 Å². The number of rotatable bonds is 9. The highest BCUT2D eigenvalue weighted by Crippen LogP contribution is 2.32. The average Bonchev–Trinajstić information content (AvgIpc) is 3.40. The first-order chi connectivity index (χ1) is 18.0. The van der Waals surface area contributed by atoms with E-state index in [4.69, 9.17) is 14.5 Å². The summed E-state index contributed by atoms with van der Waals surface area (Å²) in [6.45, 7) is 4.82. The molecule has 8 nitrogen and oxygen atoms in total. The zero-order valence-corrected chi connectivity index (χ0v) is 22.1. The molecule has 10 heteroatoms. The van der Waals surface area contributed by atoms with E-state index in [2.05, 4.69) is 5.32 Å². The molecule has 4 rings (SSSR count). The van der Waals surface area contributed by atoms with Crippen LogP contribution in [0.2, 0.25) is 0 Å². The molecule has 3 aromatic rings. The second-order valence-corrected chi connectivity index (χ2v) is 10.2. The van der Waals surface area contributed by atoms with Crippen LogP contribution < -0.4 is 10.1 Å². The average molecular weight is 538 g/mol. The smallest absolute Gasteiger partial charge is 0.338 e. The van der Waals surface area contributed by atoms with Crippen molar-refractivity contribution < 1.29 is 23.9 Å². The fraction of sp³-hybridized carbons (Fsp3) is 0.259. The van der Waals surface area contributed by atoms with Crippen LogP contribution in [0.4, 0.5) is 11.4 Å². The normalized spacial score (nSPS) is 16.5. The Bertz CT molecular complexity index is 1280. The number of nitrogens with zero attached hydrogens (tertiary/aromatic N) is 2. The van der Waals surface area contributed by atoms with Crippen molar-refractivity contribution in [1.29, 1.82) is 0 Å². The summed E-state index contributed by atoms with van der Waals surface area (Å²) in [4.78, 5) is 45.6. The minimum Gasteiger partial charge on any atom is -0.494 e. The van der Waals surface area contributed by atoms with Gasteiger partial charge in [0.25, 0.3) is 0 Å². The van der Waals surface area contributed by atoms with Gasteiger partial charge in [-0.1, -0.05) is 23.9 Å². The van der Waals surface area contributed by atoms with Gasteiger partial charge in [0.15, 0.2) is 5.17 Å². The lowest BCUT2D eigenvalue weighted by atomic mass is 10.2. The number of thioether (sulfide) groups is 1. The minimum absolute atomic E-state index is 0.0494. The van der Waals surface area contributed by atoms with Crippen LogP contribution in [0.3, 0.4) is 0 Å². The van der Waals surface area contributed by atoms with Gasteiger partial charge in [-0.05, 0) is 61.7 Å². The molecule has 0 bridgehead atoms. The van der Waals surface area contributed by atoms with Gasteiger partial charge < -0.3 is 14.8 Å². The molecule has 2 amide bonds. The molecule has 2 aromatic carbocycles. The van der Waals surface area contributed by atoms with E-state index in [1.165, 1.54) is 11.8 Å². The number of carbonyl (C=O) groups is 3. The van der Waals surface area contributed by atoms with Gasteiger partial charge in [0.2, 0.25) is 11.8 Å². The highest BCUT2D eigenvalue weighted by molar-refractivity contribution is 8.15. The summed E-state index contributed by atoms with van der Waals surface area (Å²) in [5.41, 5.74) is 1.57. The molecule has 1 unspecified atom stereocenters. The monoisotopic (exact) mass is 537 g/mol. The molecule has 0 spiro atoms. The van der Waals surface area contributed by atoms with Crippen LogP contribution in [0, 0.1) is 0 Å². The number of anilines is 1. The Morgan fingerprint density at radius 2 is 1.89 bits per heavy atom. The number of benzene rings is 2. The van der Waals surface area contributed by atoms with Gasteiger partial charge in [0.1, 0.15) is 11.0 Å². The van der Waals surface area contributed by atoms with Gasteiger partial charge in [0, 0.05) is 23.1 Å². The topological polar surface area (TPSA) is 97.3 Å². The first-order valence-corrected chi connectivity index (χ1v) is 13.6. The van der Waals surface area contributed by atoms with Gasteiger partial charge >= 0.3 is 5.97 Å². The van der Waals surface area contributed by atoms with Crippen LogP contribution in [0.15, 0.2) is 71.0 Å². The van der Waals surface area contributed by atoms with Crippen molar-refractivity contribution in [1.82, 2.24) is 4.90 Å². The van der Waals surface area contributed by atoms with Crippen LogP contribution >= 0.6 is 23.1 Å². The lowest BCUT2D eigenvalue weighted by Crippen LogP contribution is -2.44. The van der Waals surface area contributed by atoms with E-state index in [9.17, 15) is 14.4 Å². The molecule has 0 radical (unpaired) electrons. The molecule has 1 N–H and O–H groups in total. The Kier molecular flexibility index (Phi) is 8.97. The summed E-state index contributed by atoms with van der Waals surface area (Å²) < 4.78 is 10.5. The summed E-state index contributed by atoms with van der Waals surface area (Å²) in [7, 11) is 0. The molecule has 192 valence electrons. The molecule has 1 fully saturated rings. The number of amides is 2. The number of nitrogens with one attached hydrogen (secondary N) is 1. The third-order valence-corrected chi connectivity index (χ3v) is 7.39. The predicted octanol–water partition coefficient (Wildman–Crippen LogP) is 5.48. The van der Waals surface area contributed by atoms with Crippen LogP contribution in [0.25, 0.3) is 0 Å². The van der Waals surface area contributed by atoms with Crippen molar-refractivity contribution in [3.05, 3.63) is 76.5 Å². The largest absolute Gasteiger partial charge is 0.494 e. The maximum atomic E-state index is 13.2. The van der Waals surface area contributed by atoms with Gasteiger partial charge in [-0.25, -0.2) is 9.79 Å². The van der Waals surface area contributed by atoms with Gasteiger partial charge in [-0.2, -0.15) is 0 Å². The first kappa shape index (κ1) is 26.4. The molecule has 37 heavy (non-hydrogen) atoms. The van der Waals surface area contributed by atoms with E-state index < -0.39 is 11.2 Å². The number of carbonyl (C=O) groups excluding carboxylic acids is 3. The maximum absolute atomic E-state index is 13.2. The van der Waals surface area contributed by atoms with Crippen molar-refractivity contribution in [2.45, 2.75) is 32.1 Å². The van der Waals surface area contributed by atoms with Crippen LogP contribution in [0.5, 0.6) is 5.75 Å². The molecular weight excluding hydrogens is 510 g/mol. The van der Waals surface area contributed by atoms with Crippen molar-refractivity contribution >= 4 is 57.4 Å². The molecule has 2 heterocycles. The van der Waals surface area contributed by atoms with Crippen molar-refractivity contribution in [3.63, 3.8) is 0 Å². The van der Waals surface area contributed by atoms with Gasteiger partial charge in [-0.15, -0.1) is 11.3 Å². The fourth-order valence-electron chi connectivity index (χ4n) is 3.61. The number of esters is 1. The van der Waals surface area contributed by atoms with Crippen LogP contribution in [-0.2, 0) is 20.9 Å². The zero-order valence-electron chi connectivity index (χ0n) is 20.5. The highest BCUT2D eigenvalue weighted by Gasteiger charge is 2.36. The molecule has 1 saturated heterocycles.